The van der Waals surface area contributed by atoms with E-state index in [-0.39, 0.29) is 6.42 Å². The number of carbonyl (C=O) groups is 1. The minimum atomic E-state index is -0.961. The second-order valence-corrected chi connectivity index (χ2v) is 1.12. The zero-order chi connectivity index (χ0) is 4.99. The fourth-order valence-corrected chi connectivity index (χ4v) is 0.204. The van der Waals surface area contributed by atoms with Crippen LogP contribution in [-0.2, 0) is 9.90 Å². The Hall–Kier alpha value is -0.530. The summed E-state index contributed by atoms with van der Waals surface area (Å²) in [7, 11) is 0. The fraction of sp³-hybridized carbons (Fsp3) is 0.750. The Bertz CT molecular complexity index is 49.5. The Balaban J connectivity index is 2.83. The van der Waals surface area contributed by atoms with Gasteiger partial charge in [0.15, 0.2) is 0 Å². The van der Waals surface area contributed by atoms with E-state index >= 15 is 0 Å². The Labute approximate surface area is 36.8 Å². The van der Waals surface area contributed by atoms with Gasteiger partial charge < -0.3 is 0 Å². The lowest BCUT2D eigenvalue weighted by atomic mass is 10.4. The predicted molar refractivity (Wildman–Crippen MR) is 20.6 cm³/mol. The topological polar surface area (TPSA) is 37.0 Å². The lowest BCUT2D eigenvalue weighted by Crippen LogP contribution is -1.87. The molecule has 0 aromatic carbocycles. The van der Waals surface area contributed by atoms with E-state index in [4.69, 9.17) is 0 Å². The molecular formula is C4H7O2. The molecule has 0 heterocycles. The van der Waals surface area contributed by atoms with Crippen LogP contribution in [0.25, 0.3) is 0 Å². The number of hydrogen-bond donors (Lipinski definition) is 0. The van der Waals surface area contributed by atoms with Crippen molar-refractivity contribution in [2.75, 3.05) is 0 Å². The molecule has 0 unspecified atom stereocenters. The molecule has 0 fully saturated rings. The van der Waals surface area contributed by atoms with E-state index in [0.717, 1.165) is 0 Å². The van der Waals surface area contributed by atoms with E-state index in [0.29, 0.717) is 6.42 Å². The van der Waals surface area contributed by atoms with Crippen molar-refractivity contribution in [3.05, 3.63) is 0 Å². The Morgan fingerprint density at radius 1 is 1.83 bits per heavy atom. The molecule has 0 rings (SSSR count). The average molecular weight is 93.1 g/mol. The van der Waals surface area contributed by atoms with E-state index in [1.165, 1.54) is 0 Å². The van der Waals surface area contributed by atoms with Gasteiger partial charge in [0.05, 0.1) is 0 Å². The monoisotopic (exact) mass is 93.1 g/mol. The van der Waals surface area contributed by atoms with Gasteiger partial charge in [0.1, 0.15) is 0 Å². The summed E-state index contributed by atoms with van der Waals surface area (Å²) in [4.78, 5) is 9.49. The molecule has 0 aromatic rings. The lowest BCUT2D eigenvalue weighted by Gasteiger charge is -1.75. The molecule has 0 amide bonds. The molecule has 0 aliphatic heterocycles. The summed E-state index contributed by atoms with van der Waals surface area (Å²) in [5.41, 5.74) is 0. The zero-order valence-corrected chi connectivity index (χ0v) is 3.73. The van der Waals surface area contributed by atoms with Gasteiger partial charge in [-0.3, -0.25) is 0 Å². The molecular weight excluding hydrogens is 86.1 g/mol. The first-order valence-corrected chi connectivity index (χ1v) is 1.97. The maximum Gasteiger partial charge on any atom is 0.355 e. The maximum atomic E-state index is 9.49. The van der Waals surface area contributed by atoms with Crippen LogP contribution in [-0.4, -0.2) is 5.97 Å². The molecule has 0 bridgehead atoms. The van der Waals surface area contributed by atoms with Crippen molar-refractivity contribution in [1.29, 1.82) is 0 Å². The summed E-state index contributed by atoms with van der Waals surface area (Å²) < 4.78 is 0. The van der Waals surface area contributed by atoms with Crippen LogP contribution in [0, 0.1) is 0 Å². The first-order chi connectivity index (χ1) is 2.77. The molecule has 0 saturated carbocycles. The van der Waals surface area contributed by atoms with E-state index < -0.39 is 5.97 Å². The molecule has 2 nitrogen and oxygen atoms in total. The van der Waals surface area contributed by atoms with Crippen LogP contribution in [0.15, 0.2) is 0 Å². The Morgan fingerprint density at radius 3 is 2.33 bits per heavy atom. The zero-order valence-electron chi connectivity index (χ0n) is 3.73. The third-order valence-corrected chi connectivity index (χ3v) is 0.454. The minimum Gasteiger partial charge on any atom is -0.247 e. The number of rotatable bonds is 2. The van der Waals surface area contributed by atoms with Crippen molar-refractivity contribution in [2.24, 2.45) is 0 Å². The predicted octanol–water partition coefficient (Wildman–Crippen LogP) is 0.744. The third kappa shape index (κ3) is 3.47. The van der Waals surface area contributed by atoms with Crippen LogP contribution in [0.5, 0.6) is 0 Å². The summed E-state index contributed by atoms with van der Waals surface area (Å²) in [6.45, 7) is 1.80. The van der Waals surface area contributed by atoms with Crippen molar-refractivity contribution in [3.8, 4) is 0 Å². The van der Waals surface area contributed by atoms with Crippen molar-refractivity contribution in [2.45, 2.75) is 19.8 Å². The van der Waals surface area contributed by atoms with Crippen LogP contribution >= 0.6 is 0 Å². The highest BCUT2D eigenvalue weighted by Crippen LogP contribution is 1.82. The standard InChI is InChI=1S/C4H7O2/c1-2-3-4(5)6/h2-3H2,1H3/i5+6. The molecule has 0 aliphatic carbocycles. The summed E-state index contributed by atoms with van der Waals surface area (Å²) >= 11 is 0. The smallest absolute Gasteiger partial charge is 0.247 e. The molecule has 35 valence electrons. The van der Waals surface area contributed by atoms with Gasteiger partial charge in [-0.2, -0.15) is 0 Å². The summed E-state index contributed by atoms with van der Waals surface area (Å²) in [6.07, 6.45) is 0.850. The van der Waals surface area contributed by atoms with Crippen molar-refractivity contribution >= 4 is 5.97 Å². The maximum absolute atomic E-state index is 9.49. The van der Waals surface area contributed by atoms with E-state index in [9.17, 15) is 9.90 Å². The first kappa shape index (κ1) is 5.47. The van der Waals surface area contributed by atoms with Crippen LogP contribution in [0.1, 0.15) is 19.8 Å². The van der Waals surface area contributed by atoms with Gasteiger partial charge in [-0.15, -0.1) is 0 Å². The Kier molecular flexibility index (Phi) is 2.46. The molecule has 2 heteroatoms. The molecule has 0 saturated heterocycles. The van der Waals surface area contributed by atoms with Crippen LogP contribution in [0.3, 0.4) is 0 Å². The minimum absolute atomic E-state index is 0.181. The molecule has 0 atom stereocenters. The van der Waals surface area contributed by atoms with Gasteiger partial charge in [-0.1, -0.05) is 6.92 Å². The largest absolute Gasteiger partial charge is 0.355 e. The average Bonchev–Trinajstić information content (AvgIpc) is 1.35. The molecule has 6 heavy (non-hydrogen) atoms. The molecule has 0 spiro atoms. The van der Waals surface area contributed by atoms with Crippen molar-refractivity contribution < 1.29 is 9.90 Å². The fourth-order valence-electron chi connectivity index (χ4n) is 0.204. The highest BCUT2D eigenvalue weighted by molar-refractivity contribution is 5.65. The van der Waals surface area contributed by atoms with E-state index in [1.54, 1.807) is 6.92 Å². The lowest BCUT2D eigenvalue weighted by molar-refractivity contribution is -0.143. The van der Waals surface area contributed by atoms with Gasteiger partial charge in [0.25, 0.3) is 0 Å². The number of hydrogen-bond acceptors (Lipinski definition) is 1. The quantitative estimate of drug-likeness (QED) is 0.496. The molecule has 0 aliphatic rings. The first-order valence-electron chi connectivity index (χ1n) is 1.97. The van der Waals surface area contributed by atoms with Crippen molar-refractivity contribution in [1.82, 2.24) is 0 Å². The Morgan fingerprint density at radius 2 is 2.33 bits per heavy atom. The third-order valence-electron chi connectivity index (χ3n) is 0.454. The normalized spacial score (nSPS) is 8.17. The van der Waals surface area contributed by atoms with Crippen LogP contribution in [0.2, 0.25) is 0 Å². The van der Waals surface area contributed by atoms with Crippen LogP contribution in [0.4, 0.5) is 0 Å². The van der Waals surface area contributed by atoms with E-state index in [2.05, 4.69) is 0 Å². The molecule has 0 N–H and O–H groups in total. The number of carbonyl (C=O) groups excluding carboxylic acids is 1. The SMILES string of the molecule is CCCC(=O)[22O]. The highest BCUT2D eigenvalue weighted by atomic mass is 22.1. The van der Waals surface area contributed by atoms with Gasteiger partial charge in [-0.05, 0) is 6.42 Å². The van der Waals surface area contributed by atoms with Gasteiger partial charge in [0, 0.05) is 6.42 Å². The second kappa shape index (κ2) is 2.69. The van der Waals surface area contributed by atoms with Gasteiger partial charge in [-0.25, -0.2) is 9.90 Å². The van der Waals surface area contributed by atoms with Crippen LogP contribution < -0.4 is 0 Å². The summed E-state index contributed by atoms with van der Waals surface area (Å²) in [5.74, 6) is -0.961. The molecule has 1 radical (unpaired) electrons. The second-order valence-electron chi connectivity index (χ2n) is 1.12. The van der Waals surface area contributed by atoms with E-state index in [1.807, 2.05) is 0 Å². The summed E-state index contributed by atoms with van der Waals surface area (Å²) in [6, 6.07) is 0. The summed E-state index contributed by atoms with van der Waals surface area (Å²) in [5, 5.41) is 9.49. The van der Waals surface area contributed by atoms with Gasteiger partial charge >= 0.3 is 5.97 Å². The molecule has 0 aromatic heterocycles. The van der Waals surface area contributed by atoms with Gasteiger partial charge in [0.2, 0.25) is 0 Å². The van der Waals surface area contributed by atoms with Crippen molar-refractivity contribution in [3.63, 3.8) is 0 Å². The highest BCUT2D eigenvalue weighted by Gasteiger charge is 1.91.